The Kier molecular flexibility index (Phi) is 10.4. The largest absolute Gasteiger partial charge is 0.497 e. The van der Waals surface area contributed by atoms with Gasteiger partial charge in [-0.15, -0.1) is 0 Å². The van der Waals surface area contributed by atoms with Crippen molar-refractivity contribution in [1.82, 2.24) is 10.2 Å². The summed E-state index contributed by atoms with van der Waals surface area (Å²) in [6.07, 6.45) is 0.306. The van der Waals surface area contributed by atoms with Crippen LogP contribution in [0.2, 0.25) is 5.02 Å². The van der Waals surface area contributed by atoms with Crippen molar-refractivity contribution in [3.8, 4) is 11.5 Å². The number of hydrogen-bond acceptors (Lipinski definition) is 6. The summed E-state index contributed by atoms with van der Waals surface area (Å²) in [5, 5.41) is 2.87. The number of hydrogen-bond donors (Lipinski definition) is 1. The van der Waals surface area contributed by atoms with Gasteiger partial charge < -0.3 is 19.7 Å². The highest BCUT2D eigenvalue weighted by atomic mass is 35.5. The van der Waals surface area contributed by atoms with Crippen LogP contribution < -0.4 is 19.1 Å². The maximum absolute atomic E-state index is 14.1. The Bertz CT molecular complexity index is 1450. The van der Waals surface area contributed by atoms with Crippen LogP contribution in [0, 0.1) is 6.92 Å². The molecule has 214 valence electrons. The molecule has 0 aliphatic heterocycles. The van der Waals surface area contributed by atoms with Crippen molar-refractivity contribution in [2.24, 2.45) is 0 Å². The van der Waals surface area contributed by atoms with Crippen molar-refractivity contribution in [3.05, 3.63) is 82.9 Å². The minimum Gasteiger partial charge on any atom is -0.497 e. The quantitative estimate of drug-likeness (QED) is 0.336. The van der Waals surface area contributed by atoms with Crippen LogP contribution in [-0.2, 0) is 26.2 Å². The zero-order chi connectivity index (χ0) is 29.4. The van der Waals surface area contributed by atoms with Crippen LogP contribution in [0.4, 0.5) is 5.69 Å². The van der Waals surface area contributed by atoms with Crippen LogP contribution in [0.15, 0.2) is 71.6 Å². The van der Waals surface area contributed by atoms with Crippen molar-refractivity contribution in [2.45, 2.75) is 37.8 Å². The predicted octanol–water partition coefficient (Wildman–Crippen LogP) is 4.41. The summed E-state index contributed by atoms with van der Waals surface area (Å²) < 4.78 is 39.8. The molecule has 40 heavy (non-hydrogen) atoms. The molecule has 3 rings (SSSR count). The first-order valence-corrected chi connectivity index (χ1v) is 14.4. The smallest absolute Gasteiger partial charge is 0.264 e. The number of ether oxygens (including phenoxy) is 2. The van der Waals surface area contributed by atoms with Crippen LogP contribution in [-0.4, -0.2) is 59.0 Å². The maximum atomic E-state index is 14.1. The average Bonchev–Trinajstić information content (AvgIpc) is 2.95. The summed E-state index contributed by atoms with van der Waals surface area (Å²) in [6.45, 7) is 3.07. The first-order valence-electron chi connectivity index (χ1n) is 12.6. The minimum atomic E-state index is -4.26. The second kappa shape index (κ2) is 13.5. The van der Waals surface area contributed by atoms with Crippen molar-refractivity contribution in [3.63, 3.8) is 0 Å². The summed E-state index contributed by atoms with van der Waals surface area (Å²) in [6, 6.07) is 17.1. The van der Waals surface area contributed by atoms with E-state index < -0.39 is 28.5 Å². The third-order valence-electron chi connectivity index (χ3n) is 6.42. The molecule has 2 amide bonds. The first kappa shape index (κ1) is 30.8. The lowest BCUT2D eigenvalue weighted by Gasteiger charge is -2.33. The number of methoxy groups -OCH3 is 2. The van der Waals surface area contributed by atoms with Crippen LogP contribution in [0.3, 0.4) is 0 Å². The highest BCUT2D eigenvalue weighted by Crippen LogP contribution is 2.35. The van der Waals surface area contributed by atoms with Gasteiger partial charge in [0.2, 0.25) is 11.8 Å². The van der Waals surface area contributed by atoms with Crippen LogP contribution >= 0.6 is 11.6 Å². The number of carbonyl (C=O) groups excluding carboxylic acids is 2. The highest BCUT2D eigenvalue weighted by Gasteiger charge is 2.34. The van der Waals surface area contributed by atoms with Gasteiger partial charge >= 0.3 is 0 Å². The monoisotopic (exact) mass is 587 g/mol. The lowest BCUT2D eigenvalue weighted by Crippen LogP contribution is -2.51. The molecular formula is C29H34ClN3O6S. The van der Waals surface area contributed by atoms with Crippen LogP contribution in [0.25, 0.3) is 0 Å². The molecule has 0 bridgehead atoms. The van der Waals surface area contributed by atoms with Crippen molar-refractivity contribution in [1.29, 1.82) is 0 Å². The standard InChI is InChI=1S/C29H34ClN3O6S/c1-6-25(29(35)31-3)32(18-21-8-7-9-23(16-21)38-4)28(34)19-33(26-17-22(30)12-15-27(26)39-5)40(36,37)24-13-10-20(2)11-14-24/h7-17,25H,6,18-19H2,1-5H3,(H,31,35)/t25-/m0/s1. The third kappa shape index (κ3) is 7.05. The molecule has 3 aromatic carbocycles. The molecular weight excluding hydrogens is 554 g/mol. The van der Waals surface area contributed by atoms with Gasteiger partial charge in [0.05, 0.1) is 24.8 Å². The number of nitrogens with one attached hydrogen (secondary N) is 1. The SMILES string of the molecule is CC[C@@H](C(=O)NC)N(Cc1cccc(OC)c1)C(=O)CN(c1cc(Cl)ccc1OC)S(=O)(=O)c1ccc(C)cc1. The van der Waals surface area contributed by atoms with E-state index in [9.17, 15) is 18.0 Å². The third-order valence-corrected chi connectivity index (χ3v) is 8.43. The predicted molar refractivity (Wildman–Crippen MR) is 155 cm³/mol. The number of nitrogens with zero attached hydrogens (tertiary/aromatic N) is 2. The summed E-state index contributed by atoms with van der Waals surface area (Å²) >= 11 is 6.27. The van der Waals surface area contributed by atoms with E-state index in [0.717, 1.165) is 9.87 Å². The van der Waals surface area contributed by atoms with Crippen LogP contribution in [0.1, 0.15) is 24.5 Å². The van der Waals surface area contributed by atoms with E-state index in [4.69, 9.17) is 21.1 Å². The Morgan fingerprint density at radius 1 is 1.00 bits per heavy atom. The van der Waals surface area contributed by atoms with Gasteiger partial charge in [-0.2, -0.15) is 0 Å². The molecule has 1 N–H and O–H groups in total. The van der Waals surface area contributed by atoms with Gasteiger partial charge in [-0.1, -0.05) is 48.4 Å². The molecule has 11 heteroatoms. The van der Waals surface area contributed by atoms with Gasteiger partial charge in [0.1, 0.15) is 24.1 Å². The van der Waals surface area contributed by atoms with Crippen LogP contribution in [0.5, 0.6) is 11.5 Å². The zero-order valence-corrected chi connectivity index (χ0v) is 24.8. The molecule has 0 radical (unpaired) electrons. The number of anilines is 1. The molecule has 1 atom stereocenters. The summed E-state index contributed by atoms with van der Waals surface area (Å²) in [4.78, 5) is 28.3. The molecule has 0 aromatic heterocycles. The van der Waals surface area contributed by atoms with Gasteiger partial charge in [0.15, 0.2) is 0 Å². The summed E-state index contributed by atoms with van der Waals surface area (Å²) in [5.74, 6) is -0.154. The Morgan fingerprint density at radius 3 is 2.30 bits per heavy atom. The van der Waals surface area contributed by atoms with E-state index in [0.29, 0.717) is 17.7 Å². The van der Waals surface area contributed by atoms with Crippen molar-refractivity contribution in [2.75, 3.05) is 32.1 Å². The molecule has 9 nitrogen and oxygen atoms in total. The molecule has 0 heterocycles. The van der Waals surface area contributed by atoms with E-state index in [1.165, 1.54) is 50.4 Å². The number of carbonyl (C=O) groups is 2. The van der Waals surface area contributed by atoms with E-state index in [-0.39, 0.29) is 33.8 Å². The summed E-state index contributed by atoms with van der Waals surface area (Å²) in [7, 11) is 0.163. The van der Waals surface area contributed by atoms with E-state index >= 15 is 0 Å². The normalized spacial score (nSPS) is 11.8. The Hall–Kier alpha value is -3.76. The fourth-order valence-electron chi connectivity index (χ4n) is 4.26. The molecule has 0 aliphatic carbocycles. The molecule has 3 aromatic rings. The molecule has 0 saturated carbocycles. The number of sulfonamides is 1. The number of benzene rings is 3. The van der Waals surface area contributed by atoms with Gasteiger partial charge in [-0.25, -0.2) is 8.42 Å². The number of amides is 2. The van der Waals surface area contributed by atoms with Gasteiger partial charge in [-0.3, -0.25) is 13.9 Å². The minimum absolute atomic E-state index is 0.00869. The molecule has 0 fully saturated rings. The molecule has 0 saturated heterocycles. The Morgan fingerprint density at radius 2 is 1.70 bits per heavy atom. The topological polar surface area (TPSA) is 105 Å². The van der Waals surface area contributed by atoms with E-state index in [1.807, 2.05) is 6.92 Å². The van der Waals surface area contributed by atoms with Gasteiger partial charge in [-0.05, 0) is 61.4 Å². The molecule has 0 unspecified atom stereocenters. The van der Waals surface area contributed by atoms with Gasteiger partial charge in [0, 0.05) is 18.6 Å². The maximum Gasteiger partial charge on any atom is 0.264 e. The van der Waals surface area contributed by atoms with E-state index in [1.54, 1.807) is 49.4 Å². The highest BCUT2D eigenvalue weighted by molar-refractivity contribution is 7.92. The number of aryl methyl sites for hydroxylation is 1. The van der Waals surface area contributed by atoms with Crippen molar-refractivity contribution < 1.29 is 27.5 Å². The van der Waals surface area contributed by atoms with Crippen molar-refractivity contribution >= 4 is 39.1 Å². The van der Waals surface area contributed by atoms with E-state index in [2.05, 4.69) is 5.32 Å². The number of likely N-dealkylation sites (N-methyl/N-ethyl adjacent to an activating group) is 1. The zero-order valence-electron chi connectivity index (χ0n) is 23.2. The first-order chi connectivity index (χ1) is 19.0. The Balaban J connectivity index is 2.13. The fourth-order valence-corrected chi connectivity index (χ4v) is 5.85. The summed E-state index contributed by atoms with van der Waals surface area (Å²) in [5.41, 5.74) is 1.68. The number of rotatable bonds is 12. The molecule has 0 spiro atoms. The second-order valence-corrected chi connectivity index (χ2v) is 11.4. The Labute approximate surface area is 240 Å². The second-order valence-electron chi connectivity index (χ2n) is 9.05. The number of halogens is 1. The lowest BCUT2D eigenvalue weighted by molar-refractivity contribution is -0.140. The van der Waals surface area contributed by atoms with Gasteiger partial charge in [0.25, 0.3) is 10.0 Å². The fraction of sp³-hybridized carbons (Fsp3) is 0.310. The average molecular weight is 588 g/mol. The molecule has 0 aliphatic rings. The lowest BCUT2D eigenvalue weighted by atomic mass is 10.1.